The zero-order valence-electron chi connectivity index (χ0n) is 24.4. The molecule has 1 aromatic heterocycles. The van der Waals surface area contributed by atoms with Crippen LogP contribution in [0.3, 0.4) is 0 Å². The molecule has 7 atom stereocenters. The zero-order valence-corrected chi connectivity index (χ0v) is 24.4. The normalized spacial score (nSPS) is 28.7. The van der Waals surface area contributed by atoms with Crippen molar-refractivity contribution in [2.24, 2.45) is 23.2 Å². The monoisotopic (exact) mass is 547 g/mol. The van der Waals surface area contributed by atoms with Crippen molar-refractivity contribution in [2.75, 3.05) is 0 Å². The molecule has 0 unspecified atom stereocenters. The average molecular weight is 548 g/mol. The Morgan fingerprint density at radius 3 is 2.42 bits per heavy atom. The van der Waals surface area contributed by atoms with Crippen LogP contribution in [0, 0.1) is 23.2 Å². The van der Waals surface area contributed by atoms with Gasteiger partial charge in [-0.2, -0.15) is 0 Å². The van der Waals surface area contributed by atoms with Gasteiger partial charge in [-0.3, -0.25) is 9.59 Å². The van der Waals surface area contributed by atoms with Crippen molar-refractivity contribution < 1.29 is 24.0 Å². The molecule has 4 fully saturated rings. The van der Waals surface area contributed by atoms with E-state index in [-0.39, 0.29) is 23.1 Å². The number of aromatic nitrogens is 1. The smallest absolute Gasteiger partial charge is 0.404 e. The Kier molecular flexibility index (Phi) is 7.85. The number of hydrogen-bond donors (Lipinski definition) is 3. The van der Waals surface area contributed by atoms with Crippen LogP contribution in [0.25, 0.3) is 11.3 Å². The average Bonchev–Trinajstić information content (AvgIpc) is 3.28. The highest BCUT2D eigenvalue weighted by Crippen LogP contribution is 2.65. The predicted molar refractivity (Wildman–Crippen MR) is 154 cm³/mol. The lowest BCUT2D eigenvalue weighted by molar-refractivity contribution is -0.199. The SMILES string of the molecule is CC(C)C[C@H](NC(=O)[C@@H](NC(=O)c1cccc(-c2ccccc2)n1)[C@@H](C)O)B1O[C@@H]2C[C@@H]3C[C@@H](C3(C)C)[C@]2(C)O1. The van der Waals surface area contributed by atoms with Crippen LogP contribution in [-0.4, -0.2) is 58.8 Å². The fourth-order valence-corrected chi connectivity index (χ4v) is 7.04. The van der Waals surface area contributed by atoms with Crippen LogP contribution < -0.4 is 10.6 Å². The summed E-state index contributed by atoms with van der Waals surface area (Å²) in [7, 11) is -0.592. The van der Waals surface area contributed by atoms with E-state index < -0.39 is 42.6 Å². The Morgan fingerprint density at radius 1 is 1.05 bits per heavy atom. The summed E-state index contributed by atoms with van der Waals surface area (Å²) in [6, 6.07) is 13.6. The van der Waals surface area contributed by atoms with E-state index in [1.54, 1.807) is 12.1 Å². The highest BCUT2D eigenvalue weighted by atomic mass is 16.7. The summed E-state index contributed by atoms with van der Waals surface area (Å²) in [5.41, 5.74) is 1.52. The van der Waals surface area contributed by atoms with E-state index in [4.69, 9.17) is 9.31 Å². The van der Waals surface area contributed by atoms with Gasteiger partial charge < -0.3 is 25.0 Å². The third kappa shape index (κ3) is 5.31. The summed E-state index contributed by atoms with van der Waals surface area (Å²) < 4.78 is 13.1. The minimum Gasteiger partial charge on any atom is -0.404 e. The molecule has 2 amide bonds. The second-order valence-electron chi connectivity index (χ2n) is 13.0. The molecule has 3 N–H and O–H groups in total. The maximum absolute atomic E-state index is 13.5. The Labute approximate surface area is 237 Å². The number of rotatable bonds is 9. The fraction of sp³-hybridized carbons (Fsp3) is 0.581. The summed E-state index contributed by atoms with van der Waals surface area (Å²) in [5, 5.41) is 16.3. The number of amides is 2. The van der Waals surface area contributed by atoms with Gasteiger partial charge in [-0.15, -0.1) is 0 Å². The van der Waals surface area contributed by atoms with Gasteiger partial charge in [0.2, 0.25) is 5.91 Å². The number of nitrogens with zero attached hydrogens (tertiary/aromatic N) is 1. The molecule has 0 radical (unpaired) electrons. The molecule has 6 rings (SSSR count). The molecule has 0 spiro atoms. The van der Waals surface area contributed by atoms with Crippen LogP contribution in [0.1, 0.15) is 71.3 Å². The topological polar surface area (TPSA) is 110 Å². The standard InChI is InChI=1S/C31H42BN3O5/c1-18(2)15-26(32-39-25-17-21-16-24(30(21,4)5)31(25,6)40-32)34-29(38)27(19(3)36)35-28(37)23-14-10-13-22(33-23)20-11-8-7-9-12-20/h7-14,18-19,21,24-27,36H,15-17H2,1-6H3,(H,34,38)(H,35,37)/t19-,21+,24+,25-,26+,27+,31+/m1/s1. The van der Waals surface area contributed by atoms with E-state index in [1.807, 2.05) is 36.4 Å². The van der Waals surface area contributed by atoms with Gasteiger partial charge in [0.1, 0.15) is 11.7 Å². The number of carbonyl (C=O) groups excluding carboxylic acids is 2. The first-order valence-corrected chi connectivity index (χ1v) is 14.5. The second-order valence-corrected chi connectivity index (χ2v) is 13.0. The minimum atomic E-state index is -1.17. The first kappa shape index (κ1) is 28.8. The fourth-order valence-electron chi connectivity index (χ4n) is 7.04. The summed E-state index contributed by atoms with van der Waals surface area (Å²) in [5.74, 6) is -0.138. The van der Waals surface area contributed by atoms with Gasteiger partial charge in [0, 0.05) is 5.56 Å². The molecule has 3 saturated carbocycles. The van der Waals surface area contributed by atoms with Crippen molar-refractivity contribution in [3.63, 3.8) is 0 Å². The van der Waals surface area contributed by atoms with Crippen LogP contribution in [0.15, 0.2) is 48.5 Å². The van der Waals surface area contributed by atoms with Crippen LogP contribution in [0.5, 0.6) is 0 Å². The van der Waals surface area contributed by atoms with E-state index in [9.17, 15) is 14.7 Å². The molecule has 9 heteroatoms. The van der Waals surface area contributed by atoms with Gasteiger partial charge >= 0.3 is 7.12 Å². The number of carbonyl (C=O) groups is 2. The largest absolute Gasteiger partial charge is 0.481 e. The molecule has 2 heterocycles. The Hall–Kier alpha value is -2.75. The summed E-state index contributed by atoms with van der Waals surface area (Å²) in [6.07, 6.45) is 1.61. The molecule has 1 saturated heterocycles. The third-order valence-corrected chi connectivity index (χ3v) is 9.45. The highest BCUT2D eigenvalue weighted by Gasteiger charge is 2.68. The number of benzene rings is 1. The zero-order chi connectivity index (χ0) is 28.8. The predicted octanol–water partition coefficient (Wildman–Crippen LogP) is 4.03. The van der Waals surface area contributed by atoms with E-state index >= 15 is 0 Å². The number of nitrogens with one attached hydrogen (secondary N) is 2. The number of aliphatic hydroxyl groups excluding tert-OH is 1. The van der Waals surface area contributed by atoms with Gasteiger partial charge in [-0.1, -0.05) is 64.1 Å². The summed E-state index contributed by atoms with van der Waals surface area (Å²) in [4.78, 5) is 31.2. The molecule has 40 heavy (non-hydrogen) atoms. The van der Waals surface area contributed by atoms with E-state index in [0.717, 1.165) is 18.4 Å². The number of hydrogen-bond acceptors (Lipinski definition) is 6. The van der Waals surface area contributed by atoms with Crippen LogP contribution in [0.4, 0.5) is 0 Å². The van der Waals surface area contributed by atoms with Crippen molar-refractivity contribution in [3.05, 3.63) is 54.2 Å². The first-order chi connectivity index (χ1) is 18.9. The summed E-state index contributed by atoms with van der Waals surface area (Å²) in [6.45, 7) is 12.5. The van der Waals surface area contributed by atoms with Crippen molar-refractivity contribution in [2.45, 2.75) is 90.6 Å². The van der Waals surface area contributed by atoms with Crippen LogP contribution in [-0.2, 0) is 14.1 Å². The van der Waals surface area contributed by atoms with Gasteiger partial charge in [0.05, 0.1) is 29.4 Å². The second kappa shape index (κ2) is 10.9. The van der Waals surface area contributed by atoms with E-state index in [1.165, 1.54) is 6.92 Å². The molecule has 2 aromatic rings. The highest BCUT2D eigenvalue weighted by molar-refractivity contribution is 6.48. The van der Waals surface area contributed by atoms with Gasteiger partial charge in [0.25, 0.3) is 5.91 Å². The van der Waals surface area contributed by atoms with Crippen LogP contribution >= 0.6 is 0 Å². The van der Waals surface area contributed by atoms with Crippen molar-refractivity contribution >= 4 is 18.9 Å². The Morgan fingerprint density at radius 2 is 1.77 bits per heavy atom. The van der Waals surface area contributed by atoms with Crippen LogP contribution in [0.2, 0.25) is 0 Å². The van der Waals surface area contributed by atoms with Crippen molar-refractivity contribution in [3.8, 4) is 11.3 Å². The molecular weight excluding hydrogens is 505 g/mol. The summed E-state index contributed by atoms with van der Waals surface area (Å²) >= 11 is 0. The van der Waals surface area contributed by atoms with E-state index in [0.29, 0.717) is 24.0 Å². The lowest BCUT2D eigenvalue weighted by atomic mass is 9.43. The lowest BCUT2D eigenvalue weighted by Crippen LogP contribution is -2.65. The van der Waals surface area contributed by atoms with Gasteiger partial charge in [-0.25, -0.2) is 4.98 Å². The molecule has 4 aliphatic rings. The molecular formula is C31H42BN3O5. The molecule has 3 aliphatic carbocycles. The molecule has 8 nitrogen and oxygen atoms in total. The number of aliphatic hydroxyl groups is 1. The van der Waals surface area contributed by atoms with Gasteiger partial charge in [-0.05, 0) is 68.4 Å². The number of pyridine rings is 1. The van der Waals surface area contributed by atoms with Crippen molar-refractivity contribution in [1.29, 1.82) is 0 Å². The maximum atomic E-state index is 13.5. The van der Waals surface area contributed by atoms with E-state index in [2.05, 4.69) is 50.2 Å². The minimum absolute atomic E-state index is 0.00364. The molecule has 214 valence electrons. The lowest BCUT2D eigenvalue weighted by Gasteiger charge is -2.64. The van der Waals surface area contributed by atoms with Crippen molar-refractivity contribution in [1.82, 2.24) is 15.6 Å². The molecule has 2 bridgehead atoms. The third-order valence-electron chi connectivity index (χ3n) is 9.45. The molecule has 1 aliphatic heterocycles. The Balaban J connectivity index is 1.29. The molecule has 1 aromatic carbocycles. The van der Waals surface area contributed by atoms with Gasteiger partial charge in [0.15, 0.2) is 0 Å². The quantitative estimate of drug-likeness (QED) is 0.409. The first-order valence-electron chi connectivity index (χ1n) is 14.5. The maximum Gasteiger partial charge on any atom is 0.481 e. The Bertz CT molecular complexity index is 1240.